The minimum Gasteiger partial charge on any atom is -0.381 e. The van der Waals surface area contributed by atoms with Crippen molar-refractivity contribution in [3.05, 3.63) is 95.1 Å². The second-order valence-electron chi connectivity index (χ2n) is 9.65. The van der Waals surface area contributed by atoms with Crippen molar-refractivity contribution in [1.82, 2.24) is 14.5 Å². The first kappa shape index (κ1) is 24.8. The van der Waals surface area contributed by atoms with Crippen LogP contribution in [0.25, 0.3) is 28.1 Å². The van der Waals surface area contributed by atoms with Gasteiger partial charge >= 0.3 is 0 Å². The zero-order valence-electron chi connectivity index (χ0n) is 21.4. The van der Waals surface area contributed by atoms with Gasteiger partial charge in [0.1, 0.15) is 5.82 Å². The number of pyridine rings is 1. The maximum atomic E-state index is 13.8. The number of nitrogens with zero attached hydrogens (tertiary/aromatic N) is 5. The van der Waals surface area contributed by atoms with E-state index in [0.29, 0.717) is 17.2 Å². The Morgan fingerprint density at radius 2 is 1.79 bits per heavy atom. The normalized spacial score (nSPS) is 17.9. The van der Waals surface area contributed by atoms with E-state index in [1.807, 2.05) is 36.4 Å². The van der Waals surface area contributed by atoms with Gasteiger partial charge in [0, 0.05) is 19.0 Å². The zero-order valence-corrected chi connectivity index (χ0v) is 21.4. The molecule has 1 fully saturated rings. The summed E-state index contributed by atoms with van der Waals surface area (Å²) >= 11 is 0. The lowest BCUT2D eigenvalue weighted by Gasteiger charge is -2.25. The highest BCUT2D eigenvalue weighted by Gasteiger charge is 2.22. The van der Waals surface area contributed by atoms with Gasteiger partial charge in [-0.05, 0) is 91.5 Å². The van der Waals surface area contributed by atoms with Crippen LogP contribution in [0.2, 0.25) is 0 Å². The highest BCUT2D eigenvalue weighted by Crippen LogP contribution is 2.32. The number of ether oxygens (including phenoxy) is 1. The average molecular weight is 523 g/mol. The van der Waals surface area contributed by atoms with Crippen molar-refractivity contribution < 1.29 is 9.13 Å². The largest absolute Gasteiger partial charge is 0.381 e. The summed E-state index contributed by atoms with van der Waals surface area (Å²) in [6, 6.07) is 21.6. The highest BCUT2D eigenvalue weighted by molar-refractivity contribution is 5.84. The number of hydrogen-bond donors (Lipinski definition) is 1. The fourth-order valence-electron chi connectivity index (χ4n) is 5.22. The van der Waals surface area contributed by atoms with Gasteiger partial charge in [-0.2, -0.15) is 0 Å². The number of methoxy groups -OCH3 is 1. The van der Waals surface area contributed by atoms with Crippen molar-refractivity contribution in [2.45, 2.75) is 37.8 Å². The molecule has 0 radical (unpaired) electrons. The predicted molar refractivity (Wildman–Crippen MR) is 149 cm³/mol. The van der Waals surface area contributed by atoms with Crippen molar-refractivity contribution in [3.8, 4) is 17.1 Å². The monoisotopic (exact) mass is 522 g/mol. The first-order valence-electron chi connectivity index (χ1n) is 13.0. The number of benzene rings is 3. The summed E-state index contributed by atoms with van der Waals surface area (Å²) in [5.74, 6) is 0.0457. The molecule has 2 heterocycles. The van der Waals surface area contributed by atoms with Crippen LogP contribution in [0.15, 0.2) is 89.2 Å². The van der Waals surface area contributed by atoms with Gasteiger partial charge in [0.15, 0.2) is 11.5 Å². The van der Waals surface area contributed by atoms with Crippen molar-refractivity contribution in [3.63, 3.8) is 0 Å². The van der Waals surface area contributed by atoms with Gasteiger partial charge in [0.05, 0.1) is 45.6 Å². The van der Waals surface area contributed by atoms with Crippen molar-refractivity contribution in [2.24, 2.45) is 10.2 Å². The van der Waals surface area contributed by atoms with Crippen LogP contribution in [0, 0.1) is 10.7 Å². The summed E-state index contributed by atoms with van der Waals surface area (Å²) in [5, 5.41) is 7.13. The van der Waals surface area contributed by atoms with E-state index in [1.54, 1.807) is 37.6 Å². The number of anilines is 2. The first-order valence-corrected chi connectivity index (χ1v) is 13.0. The van der Waals surface area contributed by atoms with Gasteiger partial charge in [-0.1, -0.05) is 12.1 Å². The molecule has 0 saturated heterocycles. The molecular weight excluding hydrogens is 495 g/mol. The van der Waals surface area contributed by atoms with Gasteiger partial charge < -0.3 is 14.6 Å². The molecule has 9 heteroatoms. The Hall–Kier alpha value is -4.50. The van der Waals surface area contributed by atoms with Crippen molar-refractivity contribution in [2.75, 3.05) is 12.4 Å². The maximum Gasteiger partial charge on any atom is 0.160 e. The Morgan fingerprint density at radius 1 is 1.00 bits per heavy atom. The molecule has 2 aromatic carbocycles. The fraction of sp³-hybridized carbons (Fsp3) is 0.233. The third kappa shape index (κ3) is 5.00. The summed E-state index contributed by atoms with van der Waals surface area (Å²) < 4.78 is 21.5. The van der Waals surface area contributed by atoms with Crippen LogP contribution in [-0.4, -0.2) is 33.8 Å². The lowest BCUT2D eigenvalue weighted by molar-refractivity contribution is 0.0663. The van der Waals surface area contributed by atoms with E-state index in [2.05, 4.69) is 20.0 Å². The van der Waals surface area contributed by atoms with Crippen LogP contribution in [0.5, 0.6) is 0 Å². The molecule has 8 nitrogen and oxygen atoms in total. The Kier molecular flexibility index (Phi) is 6.81. The summed E-state index contributed by atoms with van der Waals surface area (Å²) in [7, 11) is 1.75. The number of fused-ring (bicyclic) bond motifs is 2. The number of aromatic nitrogens is 3. The standard InChI is InChI=1S/C30H27FN6O2/c1-39-22-14-10-20(11-15-22)33-26-18-29-27(17-25(26)35-30-24(36-38)6-4-16-32-30)34-23-5-2-3-7-28(23)37(29)21-12-8-19(31)9-13-21/h2-9,12-13,16-18,20,22H,10-11,14-15H2,1H3,(H,32,35)/b33-26+. The van der Waals surface area contributed by atoms with Crippen LogP contribution in [0.1, 0.15) is 25.7 Å². The lowest BCUT2D eigenvalue weighted by Crippen LogP contribution is -2.25. The lowest BCUT2D eigenvalue weighted by atomic mass is 9.93. The second-order valence-corrected chi connectivity index (χ2v) is 9.65. The van der Waals surface area contributed by atoms with Crippen molar-refractivity contribution >= 4 is 28.2 Å². The molecule has 0 atom stereocenters. The first-order chi connectivity index (χ1) is 19.1. The van der Waals surface area contributed by atoms with Crippen LogP contribution in [0.3, 0.4) is 0 Å². The summed E-state index contributed by atoms with van der Waals surface area (Å²) in [4.78, 5) is 25.9. The fourth-order valence-corrected chi connectivity index (χ4v) is 5.22. The topological polar surface area (TPSA) is 93.8 Å². The minimum atomic E-state index is -0.300. The van der Waals surface area contributed by atoms with E-state index >= 15 is 0 Å². The van der Waals surface area contributed by atoms with E-state index < -0.39 is 0 Å². The van der Waals surface area contributed by atoms with Crippen LogP contribution in [0.4, 0.5) is 21.6 Å². The average Bonchev–Trinajstić information content (AvgIpc) is 2.97. The molecule has 3 aromatic rings. The molecule has 1 aromatic heterocycles. The van der Waals surface area contributed by atoms with Crippen LogP contribution < -0.4 is 10.7 Å². The van der Waals surface area contributed by atoms with Gasteiger partial charge in [0.2, 0.25) is 0 Å². The number of halogens is 1. The zero-order chi connectivity index (χ0) is 26.8. The Balaban J connectivity index is 1.59. The van der Waals surface area contributed by atoms with E-state index in [9.17, 15) is 9.30 Å². The minimum absolute atomic E-state index is 0.120. The molecule has 39 heavy (non-hydrogen) atoms. The molecule has 0 bridgehead atoms. The molecule has 1 aliphatic heterocycles. The summed E-state index contributed by atoms with van der Waals surface area (Å²) in [6.45, 7) is 0. The molecule has 6 rings (SSSR count). The van der Waals surface area contributed by atoms with Crippen LogP contribution in [-0.2, 0) is 4.74 Å². The third-order valence-corrected chi connectivity index (χ3v) is 7.22. The second kappa shape index (κ2) is 10.7. The third-order valence-electron chi connectivity index (χ3n) is 7.22. The molecule has 1 saturated carbocycles. The number of rotatable bonds is 6. The maximum absolute atomic E-state index is 13.8. The number of hydrogen-bond acceptors (Lipinski definition) is 7. The van der Waals surface area contributed by atoms with Gasteiger partial charge in [-0.15, -0.1) is 4.91 Å². The number of para-hydroxylation sites is 2. The molecular formula is C30H27FN6O2. The number of nitrogens with one attached hydrogen (secondary N) is 1. The Morgan fingerprint density at radius 3 is 2.56 bits per heavy atom. The molecule has 3 aliphatic rings. The Labute approximate surface area is 224 Å². The van der Waals surface area contributed by atoms with E-state index in [1.165, 1.54) is 12.1 Å². The number of nitroso groups, excluding NO2 is 1. The molecule has 196 valence electrons. The van der Waals surface area contributed by atoms with Crippen molar-refractivity contribution in [1.29, 1.82) is 0 Å². The summed E-state index contributed by atoms with van der Waals surface area (Å²) in [5.41, 5.74) is 4.90. The smallest absolute Gasteiger partial charge is 0.160 e. The predicted octanol–water partition coefficient (Wildman–Crippen LogP) is 6.66. The quantitative estimate of drug-likeness (QED) is 0.199. The highest BCUT2D eigenvalue weighted by atomic mass is 19.1. The molecule has 0 amide bonds. The Bertz CT molecular complexity index is 1680. The summed E-state index contributed by atoms with van der Waals surface area (Å²) in [6.07, 6.45) is 5.58. The molecule has 1 N–H and O–H groups in total. The molecule has 0 unspecified atom stereocenters. The van der Waals surface area contributed by atoms with Gasteiger partial charge in [0.25, 0.3) is 0 Å². The molecule has 2 aliphatic carbocycles. The SMILES string of the molecule is COC1CCC(/N=c2\cc3n(-c4ccc(F)cc4)c4ccccc4nc-3cc2Nc2ncccc2N=O)CC1. The van der Waals surface area contributed by atoms with Crippen LogP contribution >= 0.6 is 0 Å². The van der Waals surface area contributed by atoms with E-state index in [4.69, 9.17) is 14.7 Å². The van der Waals surface area contributed by atoms with Gasteiger partial charge in [-0.25, -0.2) is 14.4 Å². The van der Waals surface area contributed by atoms with E-state index in [-0.39, 0.29) is 23.7 Å². The van der Waals surface area contributed by atoms with E-state index in [0.717, 1.165) is 53.5 Å². The molecule has 0 spiro atoms. The van der Waals surface area contributed by atoms with Gasteiger partial charge in [-0.3, -0.25) is 4.99 Å².